The zero-order valence-electron chi connectivity index (χ0n) is 17.2. The van der Waals surface area contributed by atoms with Gasteiger partial charge in [0.2, 0.25) is 5.91 Å². The predicted molar refractivity (Wildman–Crippen MR) is 118 cm³/mol. The molecule has 27 heavy (non-hydrogen) atoms. The Hall–Kier alpha value is -0.0300. The van der Waals surface area contributed by atoms with Crippen LogP contribution in [0.25, 0.3) is 0 Å². The molecule has 4 nitrogen and oxygen atoms in total. The van der Waals surface area contributed by atoms with Crippen LogP contribution in [0, 0.1) is 17.8 Å². The number of amides is 1. The lowest BCUT2D eigenvalue weighted by atomic mass is 9.84. The summed E-state index contributed by atoms with van der Waals surface area (Å²) in [6.45, 7) is 10.0. The second kappa shape index (κ2) is 13.2. The summed E-state index contributed by atoms with van der Waals surface area (Å²) in [4.78, 5) is 17.6. The van der Waals surface area contributed by atoms with E-state index in [1.165, 1.54) is 58.0 Å². The molecule has 2 saturated heterocycles. The van der Waals surface area contributed by atoms with Crippen LogP contribution in [0.15, 0.2) is 0 Å². The quantitative estimate of drug-likeness (QED) is 0.728. The summed E-state index contributed by atoms with van der Waals surface area (Å²) < 4.78 is 0. The maximum absolute atomic E-state index is 12.8. The predicted octanol–water partition coefficient (Wildman–Crippen LogP) is 3.97. The zero-order valence-corrected chi connectivity index (χ0v) is 18.8. The third-order valence-corrected chi connectivity index (χ3v) is 6.87. The molecule has 0 radical (unpaired) electrons. The molecule has 1 unspecified atom stereocenters. The van der Waals surface area contributed by atoms with E-state index in [0.29, 0.717) is 11.8 Å². The molecule has 3 rings (SSSR count). The third kappa shape index (κ3) is 8.08. The van der Waals surface area contributed by atoms with Crippen LogP contribution < -0.4 is 5.32 Å². The Bertz CT molecular complexity index is 412. The molecule has 3 aliphatic rings. The lowest BCUT2D eigenvalue weighted by Gasteiger charge is -2.30. The molecule has 2 aliphatic heterocycles. The Morgan fingerprint density at radius 1 is 0.926 bits per heavy atom. The van der Waals surface area contributed by atoms with Crippen molar-refractivity contribution in [2.75, 3.05) is 45.8 Å². The first-order valence-corrected chi connectivity index (χ1v) is 10.9. The van der Waals surface area contributed by atoms with Crippen molar-refractivity contribution in [1.82, 2.24) is 15.1 Å². The Labute approximate surface area is 179 Å². The molecule has 2 heterocycles. The van der Waals surface area contributed by atoms with Crippen LogP contribution in [-0.2, 0) is 4.79 Å². The van der Waals surface area contributed by atoms with Gasteiger partial charge in [-0.2, -0.15) is 0 Å². The van der Waals surface area contributed by atoms with Crippen molar-refractivity contribution in [2.24, 2.45) is 17.8 Å². The van der Waals surface area contributed by atoms with Gasteiger partial charge in [0.1, 0.15) is 0 Å². The lowest BCUT2D eigenvalue weighted by Crippen LogP contribution is -2.38. The monoisotopic (exact) mass is 421 g/mol. The van der Waals surface area contributed by atoms with Gasteiger partial charge in [-0.25, -0.2) is 0 Å². The maximum atomic E-state index is 12.8. The van der Waals surface area contributed by atoms with E-state index in [9.17, 15) is 4.79 Å². The zero-order chi connectivity index (χ0) is 17.5. The van der Waals surface area contributed by atoms with E-state index in [4.69, 9.17) is 0 Å². The van der Waals surface area contributed by atoms with Gasteiger partial charge in [-0.1, -0.05) is 26.2 Å². The molecule has 0 spiro atoms. The van der Waals surface area contributed by atoms with Crippen molar-refractivity contribution in [3.63, 3.8) is 0 Å². The molecule has 1 atom stereocenters. The summed E-state index contributed by atoms with van der Waals surface area (Å²) in [7, 11) is 0. The Balaban J connectivity index is 0.00000182. The molecular formula is C21H41Cl2N3O. The fraction of sp³-hybridized carbons (Fsp3) is 0.952. The number of nitrogens with zero attached hydrogens (tertiary/aromatic N) is 2. The van der Waals surface area contributed by atoms with E-state index in [-0.39, 0.29) is 24.8 Å². The first-order chi connectivity index (χ1) is 12.2. The minimum Gasteiger partial charge on any atom is -0.341 e. The highest BCUT2D eigenvalue weighted by atomic mass is 35.5. The van der Waals surface area contributed by atoms with E-state index in [1.54, 1.807) is 0 Å². The van der Waals surface area contributed by atoms with E-state index < -0.39 is 0 Å². The SMILES string of the molecule is CC(CC(=O)N1CCCN(CC2CCCCC2)CC1)C1CCNCC1.Cl.Cl. The van der Waals surface area contributed by atoms with Gasteiger partial charge in [0, 0.05) is 32.6 Å². The average molecular weight is 422 g/mol. The Morgan fingerprint density at radius 2 is 1.63 bits per heavy atom. The largest absolute Gasteiger partial charge is 0.341 e. The highest BCUT2D eigenvalue weighted by molar-refractivity contribution is 5.85. The Morgan fingerprint density at radius 3 is 2.33 bits per heavy atom. The van der Waals surface area contributed by atoms with Crippen LogP contribution in [0.2, 0.25) is 0 Å². The molecule has 1 amide bonds. The highest BCUT2D eigenvalue weighted by Crippen LogP contribution is 2.26. The fourth-order valence-electron chi connectivity index (χ4n) is 5.12. The van der Waals surface area contributed by atoms with Crippen LogP contribution >= 0.6 is 24.8 Å². The first kappa shape index (κ1) is 25.0. The number of carbonyl (C=O) groups is 1. The third-order valence-electron chi connectivity index (χ3n) is 6.87. The van der Waals surface area contributed by atoms with Crippen molar-refractivity contribution >= 4 is 30.7 Å². The molecule has 3 fully saturated rings. The van der Waals surface area contributed by atoms with Crippen LogP contribution in [0.3, 0.4) is 0 Å². The van der Waals surface area contributed by atoms with E-state index in [2.05, 4.69) is 22.0 Å². The summed E-state index contributed by atoms with van der Waals surface area (Å²) >= 11 is 0. The Kier molecular flexibility index (Phi) is 12.3. The second-order valence-corrected chi connectivity index (χ2v) is 8.81. The van der Waals surface area contributed by atoms with Gasteiger partial charge in [-0.15, -0.1) is 24.8 Å². The van der Waals surface area contributed by atoms with Crippen molar-refractivity contribution in [2.45, 2.75) is 64.7 Å². The normalized spacial score (nSPS) is 24.4. The molecule has 1 saturated carbocycles. The average Bonchev–Trinajstić information content (AvgIpc) is 2.89. The fourth-order valence-corrected chi connectivity index (χ4v) is 5.12. The number of halogens is 2. The van der Waals surface area contributed by atoms with Crippen LogP contribution in [0.5, 0.6) is 0 Å². The van der Waals surface area contributed by atoms with Gasteiger partial charge in [0.15, 0.2) is 0 Å². The van der Waals surface area contributed by atoms with Crippen molar-refractivity contribution < 1.29 is 4.79 Å². The molecule has 0 bridgehead atoms. The van der Waals surface area contributed by atoms with Crippen LogP contribution in [0.4, 0.5) is 0 Å². The summed E-state index contributed by atoms with van der Waals surface area (Å²) in [5, 5.41) is 3.43. The lowest BCUT2D eigenvalue weighted by molar-refractivity contribution is -0.132. The second-order valence-electron chi connectivity index (χ2n) is 8.81. The summed E-state index contributed by atoms with van der Waals surface area (Å²) in [5.41, 5.74) is 0. The van der Waals surface area contributed by atoms with Crippen molar-refractivity contribution in [3.8, 4) is 0 Å². The van der Waals surface area contributed by atoms with Gasteiger partial charge in [0.25, 0.3) is 0 Å². The van der Waals surface area contributed by atoms with Gasteiger partial charge >= 0.3 is 0 Å². The van der Waals surface area contributed by atoms with Gasteiger partial charge < -0.3 is 15.1 Å². The summed E-state index contributed by atoms with van der Waals surface area (Å²) in [5.74, 6) is 2.60. The van der Waals surface area contributed by atoms with Crippen molar-refractivity contribution in [3.05, 3.63) is 0 Å². The van der Waals surface area contributed by atoms with E-state index in [1.807, 2.05) is 0 Å². The van der Waals surface area contributed by atoms with Crippen LogP contribution in [0.1, 0.15) is 64.7 Å². The van der Waals surface area contributed by atoms with Gasteiger partial charge in [0.05, 0.1) is 0 Å². The molecule has 1 aliphatic carbocycles. The molecule has 6 heteroatoms. The number of rotatable bonds is 5. The number of carbonyl (C=O) groups excluding carboxylic acids is 1. The molecule has 0 aromatic carbocycles. The molecule has 160 valence electrons. The summed E-state index contributed by atoms with van der Waals surface area (Å²) in [6.07, 6.45) is 11.5. The highest BCUT2D eigenvalue weighted by Gasteiger charge is 2.26. The molecule has 0 aromatic heterocycles. The summed E-state index contributed by atoms with van der Waals surface area (Å²) in [6, 6.07) is 0. The minimum absolute atomic E-state index is 0. The van der Waals surface area contributed by atoms with Gasteiger partial charge in [-0.3, -0.25) is 4.79 Å². The number of piperidine rings is 1. The smallest absolute Gasteiger partial charge is 0.222 e. The number of nitrogens with one attached hydrogen (secondary N) is 1. The van der Waals surface area contributed by atoms with Crippen LogP contribution in [-0.4, -0.2) is 61.5 Å². The number of hydrogen-bond donors (Lipinski definition) is 1. The molecule has 0 aromatic rings. The molecular weight excluding hydrogens is 381 g/mol. The minimum atomic E-state index is 0. The number of hydrogen-bond acceptors (Lipinski definition) is 3. The van der Waals surface area contributed by atoms with Gasteiger partial charge in [-0.05, 0) is 69.5 Å². The maximum Gasteiger partial charge on any atom is 0.222 e. The first-order valence-electron chi connectivity index (χ1n) is 10.9. The molecule has 1 N–H and O–H groups in total. The standard InChI is InChI=1S/C21H39N3O.2ClH/c1-18(20-8-10-22-11-9-20)16-21(25)24-13-5-12-23(14-15-24)17-19-6-3-2-4-7-19;;/h18-20,22H,2-17H2,1H3;2*1H. The van der Waals surface area contributed by atoms with E-state index >= 15 is 0 Å². The van der Waals surface area contributed by atoms with Crippen molar-refractivity contribution in [1.29, 1.82) is 0 Å². The van der Waals surface area contributed by atoms with E-state index in [0.717, 1.165) is 57.4 Å². The topological polar surface area (TPSA) is 35.6 Å².